The van der Waals surface area contributed by atoms with Gasteiger partial charge in [-0.25, -0.2) is 17.5 Å². The highest BCUT2D eigenvalue weighted by molar-refractivity contribution is 7.89. The summed E-state index contributed by atoms with van der Waals surface area (Å²) in [7, 11) is -2.47. The summed E-state index contributed by atoms with van der Waals surface area (Å²) in [6.07, 6.45) is 3.73. The standard InChI is InChI=1S/C8H18FNO2S/c1-3-4-5-6-7-8(9)13(11,12)10-2/h8,10H,3-7H2,1-2H3. The van der Waals surface area contributed by atoms with Gasteiger partial charge in [-0.1, -0.05) is 26.2 Å². The van der Waals surface area contributed by atoms with E-state index < -0.39 is 15.5 Å². The van der Waals surface area contributed by atoms with Crippen LogP contribution in [0, 0.1) is 0 Å². The summed E-state index contributed by atoms with van der Waals surface area (Å²) in [4.78, 5) is 0. The summed E-state index contributed by atoms with van der Waals surface area (Å²) in [5.74, 6) is 0. The number of unbranched alkanes of at least 4 members (excludes halogenated alkanes) is 3. The summed E-state index contributed by atoms with van der Waals surface area (Å²) in [5.41, 5.74) is -1.76. The second-order valence-corrected chi connectivity index (χ2v) is 5.02. The molecule has 5 heteroatoms. The van der Waals surface area contributed by atoms with Crippen molar-refractivity contribution in [2.24, 2.45) is 0 Å². The summed E-state index contributed by atoms with van der Waals surface area (Å²) in [6, 6.07) is 0. The van der Waals surface area contributed by atoms with Crippen LogP contribution in [0.15, 0.2) is 0 Å². The fourth-order valence-corrected chi connectivity index (χ4v) is 1.75. The van der Waals surface area contributed by atoms with E-state index >= 15 is 0 Å². The zero-order valence-corrected chi connectivity index (χ0v) is 9.03. The Kier molecular flexibility index (Phi) is 6.24. The molecule has 0 bridgehead atoms. The molecule has 0 aromatic heterocycles. The van der Waals surface area contributed by atoms with Crippen LogP contribution in [0.2, 0.25) is 0 Å². The molecule has 0 aliphatic heterocycles. The van der Waals surface area contributed by atoms with Gasteiger partial charge in [-0.3, -0.25) is 0 Å². The Bertz CT molecular complexity index is 216. The topological polar surface area (TPSA) is 46.2 Å². The van der Waals surface area contributed by atoms with Crippen LogP contribution in [0.25, 0.3) is 0 Å². The van der Waals surface area contributed by atoms with Crippen LogP contribution in [0.1, 0.15) is 39.0 Å². The summed E-state index contributed by atoms with van der Waals surface area (Å²) in [6.45, 7) is 2.05. The maximum atomic E-state index is 13.0. The van der Waals surface area contributed by atoms with E-state index in [0.717, 1.165) is 19.3 Å². The highest BCUT2D eigenvalue weighted by Crippen LogP contribution is 2.11. The molecule has 0 aliphatic rings. The van der Waals surface area contributed by atoms with E-state index in [9.17, 15) is 12.8 Å². The third-order valence-electron chi connectivity index (χ3n) is 1.91. The Balaban J connectivity index is 3.69. The third-order valence-corrected chi connectivity index (χ3v) is 3.38. The lowest BCUT2D eigenvalue weighted by molar-refractivity contribution is 0.383. The molecule has 1 N–H and O–H groups in total. The normalized spacial score (nSPS) is 14.4. The van der Waals surface area contributed by atoms with Crippen LogP contribution < -0.4 is 4.72 Å². The van der Waals surface area contributed by atoms with Crippen LogP contribution in [-0.2, 0) is 10.0 Å². The first kappa shape index (κ1) is 12.8. The van der Waals surface area contributed by atoms with E-state index in [4.69, 9.17) is 0 Å². The fourth-order valence-electron chi connectivity index (χ4n) is 1.01. The molecule has 0 heterocycles. The molecule has 0 rings (SSSR count). The zero-order valence-electron chi connectivity index (χ0n) is 8.22. The lowest BCUT2D eigenvalue weighted by Gasteiger charge is -2.07. The number of hydrogen-bond donors (Lipinski definition) is 1. The van der Waals surface area contributed by atoms with E-state index in [2.05, 4.69) is 6.92 Å². The molecule has 1 unspecified atom stereocenters. The van der Waals surface area contributed by atoms with Crippen LogP contribution in [-0.4, -0.2) is 21.0 Å². The molecule has 0 spiro atoms. The van der Waals surface area contributed by atoms with Gasteiger partial charge in [-0.15, -0.1) is 0 Å². The Hall–Kier alpha value is -0.160. The number of nitrogens with one attached hydrogen (secondary N) is 1. The molecule has 0 fully saturated rings. The number of alkyl halides is 1. The van der Waals surface area contributed by atoms with Crippen molar-refractivity contribution in [1.82, 2.24) is 4.72 Å². The molecule has 0 radical (unpaired) electrons. The Morgan fingerprint density at radius 3 is 2.38 bits per heavy atom. The quantitative estimate of drug-likeness (QED) is 0.653. The van der Waals surface area contributed by atoms with Crippen LogP contribution in [0.3, 0.4) is 0 Å². The highest BCUT2D eigenvalue weighted by Gasteiger charge is 2.21. The van der Waals surface area contributed by atoms with Gasteiger partial charge in [-0.05, 0) is 19.9 Å². The minimum absolute atomic E-state index is 0.100. The SMILES string of the molecule is CCCCCCC(F)S(=O)(=O)NC. The molecular weight excluding hydrogens is 193 g/mol. The third kappa shape index (κ3) is 5.21. The van der Waals surface area contributed by atoms with E-state index in [0.29, 0.717) is 6.42 Å². The van der Waals surface area contributed by atoms with Gasteiger partial charge in [0.2, 0.25) is 15.5 Å². The van der Waals surface area contributed by atoms with Gasteiger partial charge in [0.15, 0.2) is 0 Å². The summed E-state index contributed by atoms with van der Waals surface area (Å²) >= 11 is 0. The van der Waals surface area contributed by atoms with Gasteiger partial charge in [0.25, 0.3) is 0 Å². The largest absolute Gasteiger partial charge is 0.243 e. The second-order valence-electron chi connectivity index (χ2n) is 3.01. The molecule has 1 atom stereocenters. The van der Waals surface area contributed by atoms with Gasteiger partial charge >= 0.3 is 0 Å². The molecule has 0 aromatic carbocycles. The van der Waals surface area contributed by atoms with Crippen molar-refractivity contribution in [3.63, 3.8) is 0 Å². The van der Waals surface area contributed by atoms with Gasteiger partial charge in [0.05, 0.1) is 0 Å². The molecule has 80 valence electrons. The van der Waals surface area contributed by atoms with Crippen molar-refractivity contribution in [3.8, 4) is 0 Å². The van der Waals surface area contributed by atoms with Gasteiger partial charge in [0, 0.05) is 0 Å². The number of hydrogen-bond acceptors (Lipinski definition) is 2. The predicted molar refractivity (Wildman–Crippen MR) is 51.6 cm³/mol. The second kappa shape index (κ2) is 6.32. The van der Waals surface area contributed by atoms with Crippen molar-refractivity contribution < 1.29 is 12.8 Å². The Labute approximate surface area is 79.8 Å². The van der Waals surface area contributed by atoms with Crippen LogP contribution >= 0.6 is 0 Å². The van der Waals surface area contributed by atoms with Crippen molar-refractivity contribution in [2.45, 2.75) is 44.5 Å². The maximum Gasteiger partial charge on any atom is 0.243 e. The predicted octanol–water partition coefficient (Wildman–Crippen LogP) is 1.80. The highest BCUT2D eigenvalue weighted by atomic mass is 32.2. The van der Waals surface area contributed by atoms with E-state index in [1.165, 1.54) is 7.05 Å². The van der Waals surface area contributed by atoms with Gasteiger partial charge in [-0.2, -0.15) is 0 Å². The zero-order chi connectivity index (χ0) is 10.3. The first-order chi connectivity index (χ1) is 6.04. The minimum atomic E-state index is -3.70. The van der Waals surface area contributed by atoms with Crippen LogP contribution in [0.5, 0.6) is 0 Å². The lowest BCUT2D eigenvalue weighted by Crippen LogP contribution is -2.28. The number of sulfonamides is 1. The van der Waals surface area contributed by atoms with Crippen molar-refractivity contribution >= 4 is 10.0 Å². The first-order valence-corrected chi connectivity index (χ1v) is 6.15. The summed E-state index contributed by atoms with van der Waals surface area (Å²) in [5, 5.41) is 0. The number of rotatable bonds is 7. The smallest absolute Gasteiger partial charge is 0.229 e. The molecule has 0 aliphatic carbocycles. The molecule has 0 amide bonds. The summed E-state index contributed by atoms with van der Waals surface area (Å²) < 4.78 is 36.7. The maximum absolute atomic E-state index is 13.0. The van der Waals surface area contributed by atoms with Gasteiger partial charge < -0.3 is 0 Å². The lowest BCUT2D eigenvalue weighted by atomic mass is 10.2. The average molecular weight is 211 g/mol. The van der Waals surface area contributed by atoms with E-state index in [-0.39, 0.29) is 6.42 Å². The average Bonchev–Trinajstić information content (AvgIpc) is 2.12. The fraction of sp³-hybridized carbons (Fsp3) is 1.00. The van der Waals surface area contributed by atoms with E-state index in [1.54, 1.807) is 0 Å². The van der Waals surface area contributed by atoms with Crippen molar-refractivity contribution in [1.29, 1.82) is 0 Å². The van der Waals surface area contributed by atoms with Crippen LogP contribution in [0.4, 0.5) is 4.39 Å². The molecular formula is C8H18FNO2S. The Morgan fingerprint density at radius 2 is 1.92 bits per heavy atom. The molecule has 0 aromatic rings. The molecule has 0 saturated carbocycles. The monoisotopic (exact) mass is 211 g/mol. The Morgan fingerprint density at radius 1 is 1.31 bits per heavy atom. The first-order valence-electron chi connectivity index (χ1n) is 4.61. The minimum Gasteiger partial charge on any atom is -0.229 e. The number of halogens is 1. The van der Waals surface area contributed by atoms with Crippen molar-refractivity contribution in [3.05, 3.63) is 0 Å². The van der Waals surface area contributed by atoms with E-state index in [1.807, 2.05) is 4.72 Å². The van der Waals surface area contributed by atoms with Crippen molar-refractivity contribution in [2.75, 3.05) is 7.05 Å². The molecule has 0 saturated heterocycles. The molecule has 13 heavy (non-hydrogen) atoms. The van der Waals surface area contributed by atoms with Gasteiger partial charge in [0.1, 0.15) is 0 Å². The molecule has 3 nitrogen and oxygen atoms in total.